The first-order chi connectivity index (χ1) is 15.2. The van der Waals surface area contributed by atoms with Gasteiger partial charge in [0.1, 0.15) is 12.4 Å². The molecule has 0 aliphatic heterocycles. The Morgan fingerprint density at radius 1 is 1.00 bits per heavy atom. The number of aromatic hydroxyl groups is 1. The summed E-state index contributed by atoms with van der Waals surface area (Å²) < 4.78 is 11.6. The van der Waals surface area contributed by atoms with Gasteiger partial charge in [-0.3, -0.25) is 4.98 Å². The molecule has 0 atom stereocenters. The second-order valence-electron chi connectivity index (χ2n) is 7.69. The van der Waals surface area contributed by atoms with Crippen LogP contribution in [0.1, 0.15) is 31.2 Å². The molecule has 4 rings (SSSR count). The first-order valence-corrected chi connectivity index (χ1v) is 10.7. The smallest absolute Gasteiger partial charge is 0.163 e. The molecular weight excluding hydrogens is 392 g/mol. The maximum atomic E-state index is 10.4. The standard InChI is InChI=1S/C25H28N2O4/c28-14-15-30-22-10-7-20(8-11-22)27(18-19-4-3-13-26-17-19)21-9-12-24(29)25(16-21)31-23-5-1-2-6-23/h3-4,7-13,16-17,23,28-29H,1-2,5-6,14-15,18H2. The molecule has 3 aromatic rings. The molecule has 0 unspecified atom stereocenters. The van der Waals surface area contributed by atoms with Crippen molar-refractivity contribution in [2.75, 3.05) is 18.1 Å². The molecular formula is C25H28N2O4. The van der Waals surface area contributed by atoms with Crippen molar-refractivity contribution in [1.82, 2.24) is 4.98 Å². The van der Waals surface area contributed by atoms with Gasteiger partial charge in [-0.25, -0.2) is 0 Å². The average Bonchev–Trinajstić information content (AvgIpc) is 3.32. The van der Waals surface area contributed by atoms with Crippen LogP contribution in [0.5, 0.6) is 17.2 Å². The van der Waals surface area contributed by atoms with Gasteiger partial charge in [0.15, 0.2) is 11.5 Å². The molecule has 1 heterocycles. The zero-order chi connectivity index (χ0) is 21.5. The van der Waals surface area contributed by atoms with E-state index >= 15 is 0 Å². The number of ether oxygens (including phenoxy) is 2. The minimum absolute atomic E-state index is 0.0217. The zero-order valence-corrected chi connectivity index (χ0v) is 17.5. The van der Waals surface area contributed by atoms with Crippen LogP contribution < -0.4 is 14.4 Å². The molecule has 1 aliphatic carbocycles. The zero-order valence-electron chi connectivity index (χ0n) is 17.5. The summed E-state index contributed by atoms with van der Waals surface area (Å²) in [4.78, 5) is 6.38. The predicted molar refractivity (Wildman–Crippen MR) is 120 cm³/mol. The first-order valence-electron chi connectivity index (χ1n) is 10.7. The number of hydrogen-bond donors (Lipinski definition) is 2. The Labute approximate surface area is 182 Å². The van der Waals surface area contributed by atoms with E-state index < -0.39 is 0 Å². The van der Waals surface area contributed by atoms with Gasteiger partial charge in [0, 0.05) is 36.4 Å². The van der Waals surface area contributed by atoms with E-state index in [4.69, 9.17) is 14.6 Å². The van der Waals surface area contributed by atoms with Gasteiger partial charge >= 0.3 is 0 Å². The van der Waals surface area contributed by atoms with Crippen LogP contribution in [-0.2, 0) is 6.54 Å². The van der Waals surface area contributed by atoms with Gasteiger partial charge in [-0.1, -0.05) is 6.07 Å². The highest BCUT2D eigenvalue weighted by Gasteiger charge is 2.20. The van der Waals surface area contributed by atoms with Crippen LogP contribution in [0.4, 0.5) is 11.4 Å². The first kappa shape index (κ1) is 21.0. The number of nitrogens with zero attached hydrogens (tertiary/aromatic N) is 2. The number of aliphatic hydroxyl groups is 1. The van der Waals surface area contributed by atoms with E-state index in [0.717, 1.165) is 29.8 Å². The van der Waals surface area contributed by atoms with Crippen molar-refractivity contribution in [3.63, 3.8) is 0 Å². The lowest BCUT2D eigenvalue weighted by Crippen LogP contribution is -2.17. The number of benzene rings is 2. The molecule has 2 aromatic carbocycles. The molecule has 1 aliphatic rings. The summed E-state index contributed by atoms with van der Waals surface area (Å²) in [7, 11) is 0. The Morgan fingerprint density at radius 3 is 2.48 bits per heavy atom. The third kappa shape index (κ3) is 5.47. The van der Waals surface area contributed by atoms with Gasteiger partial charge in [0.2, 0.25) is 0 Å². The summed E-state index contributed by atoms with van der Waals surface area (Å²) in [5.41, 5.74) is 2.95. The lowest BCUT2D eigenvalue weighted by molar-refractivity contribution is 0.201. The van der Waals surface area contributed by atoms with Crippen LogP contribution >= 0.6 is 0 Å². The van der Waals surface area contributed by atoms with Gasteiger partial charge in [0.25, 0.3) is 0 Å². The Hall–Kier alpha value is -3.25. The lowest BCUT2D eigenvalue weighted by Gasteiger charge is -2.26. The quantitative estimate of drug-likeness (QED) is 0.517. The highest BCUT2D eigenvalue weighted by Crippen LogP contribution is 2.37. The van der Waals surface area contributed by atoms with Crippen LogP contribution in [0.3, 0.4) is 0 Å². The number of aromatic nitrogens is 1. The molecule has 0 spiro atoms. The van der Waals surface area contributed by atoms with Crippen LogP contribution in [-0.4, -0.2) is 34.5 Å². The molecule has 162 valence electrons. The van der Waals surface area contributed by atoms with Crippen LogP contribution in [0.25, 0.3) is 0 Å². The predicted octanol–water partition coefficient (Wildman–Crippen LogP) is 4.82. The van der Waals surface area contributed by atoms with Crippen LogP contribution in [0.2, 0.25) is 0 Å². The van der Waals surface area contributed by atoms with Gasteiger partial charge in [-0.2, -0.15) is 0 Å². The molecule has 2 N–H and O–H groups in total. The summed E-state index contributed by atoms with van der Waals surface area (Å²) in [6.45, 7) is 0.850. The highest BCUT2D eigenvalue weighted by molar-refractivity contribution is 5.67. The van der Waals surface area contributed by atoms with Crippen LogP contribution in [0.15, 0.2) is 67.0 Å². The van der Waals surface area contributed by atoms with Gasteiger partial charge in [0.05, 0.1) is 12.7 Å². The fourth-order valence-corrected chi connectivity index (χ4v) is 3.84. The molecule has 1 aromatic heterocycles. The fourth-order valence-electron chi connectivity index (χ4n) is 3.84. The Balaban J connectivity index is 1.63. The van der Waals surface area contributed by atoms with Crippen molar-refractivity contribution in [2.45, 2.75) is 38.3 Å². The van der Waals surface area contributed by atoms with Crippen molar-refractivity contribution in [3.05, 3.63) is 72.6 Å². The number of hydrogen-bond acceptors (Lipinski definition) is 6. The summed E-state index contributed by atoms with van der Waals surface area (Å²) in [5, 5.41) is 19.3. The van der Waals surface area contributed by atoms with Crippen LogP contribution in [0, 0.1) is 0 Å². The SMILES string of the molecule is OCCOc1ccc(N(Cc2cccnc2)c2ccc(O)c(OC3CCCC3)c2)cc1. The number of anilines is 2. The third-order valence-electron chi connectivity index (χ3n) is 5.42. The summed E-state index contributed by atoms with van der Waals surface area (Å²) in [6.07, 6.45) is 8.16. The average molecular weight is 421 g/mol. The van der Waals surface area contributed by atoms with Crippen molar-refractivity contribution in [1.29, 1.82) is 0 Å². The molecule has 6 heteroatoms. The number of pyridine rings is 1. The summed E-state index contributed by atoms with van der Waals surface area (Å²) >= 11 is 0. The van der Waals surface area contributed by atoms with E-state index in [1.807, 2.05) is 54.7 Å². The monoisotopic (exact) mass is 420 g/mol. The van der Waals surface area contributed by atoms with Crippen molar-refractivity contribution in [3.8, 4) is 17.2 Å². The maximum Gasteiger partial charge on any atom is 0.163 e. The number of aliphatic hydroxyl groups excluding tert-OH is 1. The van der Waals surface area contributed by atoms with Crippen molar-refractivity contribution >= 4 is 11.4 Å². The highest BCUT2D eigenvalue weighted by atomic mass is 16.5. The second-order valence-corrected chi connectivity index (χ2v) is 7.69. The van der Waals surface area contributed by atoms with Crippen molar-refractivity contribution in [2.24, 2.45) is 0 Å². The van der Waals surface area contributed by atoms with E-state index in [1.165, 1.54) is 12.8 Å². The van der Waals surface area contributed by atoms with E-state index in [1.54, 1.807) is 12.3 Å². The van der Waals surface area contributed by atoms with E-state index in [2.05, 4.69) is 9.88 Å². The number of rotatable bonds is 9. The molecule has 1 saturated carbocycles. The number of phenols is 1. The molecule has 0 amide bonds. The molecule has 31 heavy (non-hydrogen) atoms. The van der Waals surface area contributed by atoms with Gasteiger partial charge in [-0.15, -0.1) is 0 Å². The molecule has 0 radical (unpaired) electrons. The maximum absolute atomic E-state index is 10.4. The summed E-state index contributed by atoms with van der Waals surface area (Å²) in [6, 6.07) is 17.2. The Morgan fingerprint density at radius 2 is 1.77 bits per heavy atom. The molecule has 0 bridgehead atoms. The summed E-state index contributed by atoms with van der Waals surface area (Å²) in [5.74, 6) is 1.38. The van der Waals surface area contributed by atoms with Gasteiger partial charge < -0.3 is 24.6 Å². The topological polar surface area (TPSA) is 75.1 Å². The van der Waals surface area contributed by atoms with Crippen molar-refractivity contribution < 1.29 is 19.7 Å². The molecule has 1 fully saturated rings. The molecule has 6 nitrogen and oxygen atoms in total. The number of phenolic OH excluding ortho intramolecular Hbond substituents is 1. The van der Waals surface area contributed by atoms with E-state index in [-0.39, 0.29) is 25.1 Å². The lowest BCUT2D eigenvalue weighted by atomic mass is 10.1. The normalized spacial score (nSPS) is 13.8. The Kier molecular flexibility index (Phi) is 6.89. The van der Waals surface area contributed by atoms with E-state index in [9.17, 15) is 5.11 Å². The largest absolute Gasteiger partial charge is 0.504 e. The fraction of sp³-hybridized carbons (Fsp3) is 0.320. The third-order valence-corrected chi connectivity index (χ3v) is 5.42. The minimum Gasteiger partial charge on any atom is -0.504 e. The second kappa shape index (κ2) is 10.2. The Bertz CT molecular complexity index is 957. The van der Waals surface area contributed by atoms with Gasteiger partial charge in [-0.05, 0) is 73.7 Å². The minimum atomic E-state index is -0.0217. The van der Waals surface area contributed by atoms with E-state index in [0.29, 0.717) is 18.0 Å². The molecule has 0 saturated heterocycles.